The molecule has 0 radical (unpaired) electrons. The summed E-state index contributed by atoms with van der Waals surface area (Å²) in [6.45, 7) is 0.623. The number of carbonyl (C=O) groups is 1. The summed E-state index contributed by atoms with van der Waals surface area (Å²) in [5, 5.41) is 6.38. The highest BCUT2D eigenvalue weighted by Crippen LogP contribution is 2.27. The first-order valence-corrected chi connectivity index (χ1v) is 8.65. The Hall–Kier alpha value is -0.850. The predicted octanol–water partition coefficient (Wildman–Crippen LogP) is 4.16. The van der Waals surface area contributed by atoms with E-state index in [2.05, 4.69) is 10.3 Å². The summed E-state index contributed by atoms with van der Waals surface area (Å²) >= 11 is 7.35. The number of hydrogen-bond acceptors (Lipinski definition) is 4. The molecule has 1 saturated carbocycles. The van der Waals surface area contributed by atoms with Crippen molar-refractivity contribution in [2.45, 2.75) is 25.3 Å². The van der Waals surface area contributed by atoms with Crippen molar-refractivity contribution in [1.82, 2.24) is 10.3 Å². The monoisotopic (exact) mass is 407 g/mol. The molecule has 1 amide bonds. The lowest BCUT2D eigenvalue weighted by Crippen LogP contribution is -2.40. The SMILES string of the molecule is Cl.Cl.NCC1CCCC1NC(=O)c1csc(-c2ccc(Cl)cc2)n1. The summed E-state index contributed by atoms with van der Waals surface area (Å²) in [5.41, 5.74) is 7.19. The Labute approximate surface area is 163 Å². The molecule has 0 aliphatic heterocycles. The minimum Gasteiger partial charge on any atom is -0.348 e. The van der Waals surface area contributed by atoms with Crippen molar-refractivity contribution in [2.75, 3.05) is 6.54 Å². The molecule has 1 heterocycles. The maximum Gasteiger partial charge on any atom is 0.271 e. The molecule has 132 valence electrons. The van der Waals surface area contributed by atoms with Crippen molar-refractivity contribution in [3.63, 3.8) is 0 Å². The molecule has 0 saturated heterocycles. The number of thiazole rings is 1. The summed E-state index contributed by atoms with van der Waals surface area (Å²) in [5.74, 6) is 0.278. The highest BCUT2D eigenvalue weighted by molar-refractivity contribution is 7.13. The third-order valence-corrected chi connectivity index (χ3v) is 5.25. The Morgan fingerprint density at radius 2 is 2.00 bits per heavy atom. The average Bonchev–Trinajstić information content (AvgIpc) is 3.16. The maximum atomic E-state index is 12.3. The van der Waals surface area contributed by atoms with Gasteiger partial charge in [0.25, 0.3) is 5.91 Å². The van der Waals surface area contributed by atoms with E-state index in [1.807, 2.05) is 24.3 Å². The van der Waals surface area contributed by atoms with E-state index in [1.165, 1.54) is 11.3 Å². The predicted molar refractivity (Wildman–Crippen MR) is 105 cm³/mol. The third-order valence-electron chi connectivity index (χ3n) is 4.11. The van der Waals surface area contributed by atoms with Crippen LogP contribution in [0, 0.1) is 5.92 Å². The maximum absolute atomic E-state index is 12.3. The molecule has 8 heteroatoms. The number of rotatable bonds is 4. The second-order valence-electron chi connectivity index (χ2n) is 5.55. The number of nitrogens with zero attached hydrogens (tertiary/aromatic N) is 1. The normalized spacial score (nSPS) is 19.2. The van der Waals surface area contributed by atoms with Gasteiger partial charge in [-0.3, -0.25) is 4.79 Å². The van der Waals surface area contributed by atoms with E-state index in [0.29, 0.717) is 23.2 Å². The fraction of sp³-hybridized carbons (Fsp3) is 0.375. The number of aromatic nitrogens is 1. The van der Waals surface area contributed by atoms with Gasteiger partial charge in [-0.25, -0.2) is 4.98 Å². The van der Waals surface area contributed by atoms with Crippen LogP contribution in [0.2, 0.25) is 5.02 Å². The number of amides is 1. The molecular formula is C16H20Cl3N3OS. The van der Waals surface area contributed by atoms with Gasteiger partial charge in [-0.2, -0.15) is 0 Å². The van der Waals surface area contributed by atoms with E-state index >= 15 is 0 Å². The van der Waals surface area contributed by atoms with Crippen LogP contribution in [-0.4, -0.2) is 23.5 Å². The molecule has 0 bridgehead atoms. The minimum absolute atomic E-state index is 0. The van der Waals surface area contributed by atoms with Gasteiger partial charge < -0.3 is 11.1 Å². The van der Waals surface area contributed by atoms with Gasteiger partial charge in [0.15, 0.2) is 0 Å². The highest BCUT2D eigenvalue weighted by Gasteiger charge is 2.28. The zero-order valence-electron chi connectivity index (χ0n) is 12.9. The first-order valence-electron chi connectivity index (χ1n) is 7.40. The Bertz CT molecular complexity index is 663. The molecular weight excluding hydrogens is 389 g/mol. The molecule has 1 fully saturated rings. The Morgan fingerprint density at radius 3 is 2.67 bits per heavy atom. The van der Waals surface area contributed by atoms with Gasteiger partial charge in [0.2, 0.25) is 0 Å². The average molecular weight is 409 g/mol. The molecule has 4 nitrogen and oxygen atoms in total. The van der Waals surface area contributed by atoms with E-state index in [4.69, 9.17) is 17.3 Å². The molecule has 1 aliphatic rings. The number of carbonyl (C=O) groups excluding carboxylic acids is 1. The smallest absolute Gasteiger partial charge is 0.271 e. The van der Waals surface area contributed by atoms with Crippen LogP contribution in [0.25, 0.3) is 10.6 Å². The lowest BCUT2D eigenvalue weighted by Gasteiger charge is -2.18. The van der Waals surface area contributed by atoms with Crippen LogP contribution in [0.15, 0.2) is 29.6 Å². The largest absolute Gasteiger partial charge is 0.348 e. The molecule has 1 aliphatic carbocycles. The zero-order chi connectivity index (χ0) is 15.5. The van der Waals surface area contributed by atoms with Crippen LogP contribution in [0.1, 0.15) is 29.8 Å². The number of hydrogen-bond donors (Lipinski definition) is 2. The van der Waals surface area contributed by atoms with Crippen molar-refractivity contribution in [3.05, 3.63) is 40.4 Å². The van der Waals surface area contributed by atoms with Crippen LogP contribution in [0.4, 0.5) is 0 Å². The van der Waals surface area contributed by atoms with Gasteiger partial charge >= 0.3 is 0 Å². The van der Waals surface area contributed by atoms with E-state index in [1.54, 1.807) is 5.38 Å². The molecule has 1 aromatic carbocycles. The van der Waals surface area contributed by atoms with E-state index in [9.17, 15) is 4.79 Å². The first kappa shape index (κ1) is 21.2. The Morgan fingerprint density at radius 1 is 1.29 bits per heavy atom. The van der Waals surface area contributed by atoms with Crippen molar-refractivity contribution in [3.8, 4) is 10.6 Å². The third kappa shape index (κ3) is 4.83. The number of nitrogens with two attached hydrogens (primary N) is 1. The lowest BCUT2D eigenvalue weighted by molar-refractivity contribution is 0.0924. The van der Waals surface area contributed by atoms with Crippen LogP contribution < -0.4 is 11.1 Å². The van der Waals surface area contributed by atoms with Crippen molar-refractivity contribution < 1.29 is 4.79 Å². The molecule has 1 aromatic heterocycles. The summed E-state index contributed by atoms with van der Waals surface area (Å²) in [4.78, 5) is 16.8. The van der Waals surface area contributed by atoms with Gasteiger partial charge in [0.05, 0.1) is 0 Å². The van der Waals surface area contributed by atoms with E-state index in [0.717, 1.165) is 29.8 Å². The molecule has 3 N–H and O–H groups in total. The quantitative estimate of drug-likeness (QED) is 0.798. The molecule has 3 rings (SSSR count). The fourth-order valence-corrected chi connectivity index (χ4v) is 3.79. The number of halogens is 3. The van der Waals surface area contributed by atoms with Gasteiger partial charge in [-0.05, 0) is 37.4 Å². The zero-order valence-corrected chi connectivity index (χ0v) is 16.1. The molecule has 0 spiro atoms. The van der Waals surface area contributed by atoms with Gasteiger partial charge in [0, 0.05) is 22.0 Å². The van der Waals surface area contributed by atoms with Gasteiger partial charge in [0.1, 0.15) is 10.7 Å². The molecule has 24 heavy (non-hydrogen) atoms. The second kappa shape index (κ2) is 9.59. The van der Waals surface area contributed by atoms with Crippen LogP contribution in [0.5, 0.6) is 0 Å². The van der Waals surface area contributed by atoms with Crippen LogP contribution in [-0.2, 0) is 0 Å². The van der Waals surface area contributed by atoms with Crippen molar-refractivity contribution in [2.24, 2.45) is 11.7 Å². The molecule has 2 atom stereocenters. The summed E-state index contributed by atoms with van der Waals surface area (Å²) in [6, 6.07) is 7.64. The second-order valence-corrected chi connectivity index (χ2v) is 6.85. The number of benzene rings is 1. The van der Waals surface area contributed by atoms with Crippen LogP contribution in [0.3, 0.4) is 0 Å². The van der Waals surface area contributed by atoms with Crippen LogP contribution >= 0.6 is 47.8 Å². The highest BCUT2D eigenvalue weighted by atomic mass is 35.5. The lowest BCUT2D eigenvalue weighted by atomic mass is 10.0. The molecule has 2 unspecified atom stereocenters. The van der Waals surface area contributed by atoms with Gasteiger partial charge in [-0.15, -0.1) is 36.2 Å². The first-order chi connectivity index (χ1) is 10.7. The van der Waals surface area contributed by atoms with E-state index in [-0.39, 0.29) is 36.8 Å². The van der Waals surface area contributed by atoms with E-state index < -0.39 is 0 Å². The standard InChI is InChI=1S/C16H18ClN3OS.2ClH/c17-12-6-4-10(5-7-12)16-20-14(9-22-16)15(21)19-13-3-1-2-11(13)8-18;;/h4-7,9,11,13H,1-3,8,18H2,(H,19,21);2*1H. The van der Waals surface area contributed by atoms with Gasteiger partial charge in [-0.1, -0.05) is 30.2 Å². The molecule has 2 aromatic rings. The summed E-state index contributed by atoms with van der Waals surface area (Å²) < 4.78 is 0. The van der Waals surface area contributed by atoms with Crippen molar-refractivity contribution >= 4 is 53.7 Å². The summed E-state index contributed by atoms with van der Waals surface area (Å²) in [6.07, 6.45) is 3.22. The Kier molecular flexibility index (Phi) is 8.46. The van der Waals surface area contributed by atoms with Crippen molar-refractivity contribution in [1.29, 1.82) is 0 Å². The fourth-order valence-electron chi connectivity index (χ4n) is 2.85. The topological polar surface area (TPSA) is 68.0 Å². The summed E-state index contributed by atoms with van der Waals surface area (Å²) in [7, 11) is 0. The Balaban J connectivity index is 0.00000144. The number of nitrogens with one attached hydrogen (secondary N) is 1. The minimum atomic E-state index is -0.109.